The molecule has 3 aromatic carbocycles. The predicted molar refractivity (Wildman–Crippen MR) is 149 cm³/mol. The summed E-state index contributed by atoms with van der Waals surface area (Å²) in [5, 5.41) is 9.52. The molecular weight excluding hydrogens is 616 g/mol. The van der Waals surface area contributed by atoms with Crippen LogP contribution < -0.4 is 10.0 Å². The van der Waals surface area contributed by atoms with Gasteiger partial charge in [-0.2, -0.15) is 26.3 Å². The number of hydrogen-bond acceptors (Lipinski definition) is 5. The molecule has 1 saturated heterocycles. The molecule has 1 fully saturated rings. The van der Waals surface area contributed by atoms with Crippen molar-refractivity contribution in [3.8, 4) is 0 Å². The van der Waals surface area contributed by atoms with Gasteiger partial charge in [-0.3, -0.25) is 9.69 Å². The van der Waals surface area contributed by atoms with Gasteiger partial charge < -0.3 is 10.4 Å². The van der Waals surface area contributed by atoms with E-state index in [2.05, 4.69) is 27.1 Å². The smallest absolute Gasteiger partial charge is 0.475 e. The van der Waals surface area contributed by atoms with Crippen LogP contribution in [-0.4, -0.2) is 56.1 Å². The Morgan fingerprint density at radius 3 is 2.20 bits per heavy atom. The fourth-order valence-electron chi connectivity index (χ4n) is 4.40. The molecule has 0 radical (unpaired) electrons. The maximum absolute atomic E-state index is 13.0. The highest BCUT2D eigenvalue weighted by atomic mass is 32.2. The molecule has 1 aliphatic heterocycles. The molecule has 3 N–H and O–H groups in total. The molecule has 8 nitrogen and oxygen atoms in total. The quantitative estimate of drug-likeness (QED) is 0.268. The number of hydrogen-bond donors (Lipinski definition) is 3. The summed E-state index contributed by atoms with van der Waals surface area (Å²) in [6, 6.07) is 19.8. The minimum Gasteiger partial charge on any atom is -0.475 e. The molecule has 1 atom stereocenters. The maximum Gasteiger partial charge on any atom is 0.490 e. The van der Waals surface area contributed by atoms with E-state index in [0.717, 1.165) is 44.6 Å². The van der Waals surface area contributed by atoms with Gasteiger partial charge in [0.15, 0.2) is 0 Å². The van der Waals surface area contributed by atoms with Crippen LogP contribution in [0.3, 0.4) is 0 Å². The number of amides is 1. The lowest BCUT2D eigenvalue weighted by atomic mass is 9.98. The molecule has 0 aliphatic carbocycles. The van der Waals surface area contributed by atoms with Crippen LogP contribution in [0.4, 0.5) is 32.0 Å². The van der Waals surface area contributed by atoms with Crippen LogP contribution in [0.1, 0.15) is 34.3 Å². The Morgan fingerprint density at radius 2 is 1.57 bits per heavy atom. The second-order valence-electron chi connectivity index (χ2n) is 9.94. The minimum absolute atomic E-state index is 0.0204. The summed E-state index contributed by atoms with van der Waals surface area (Å²) in [4.78, 5) is 23.8. The highest BCUT2D eigenvalue weighted by Crippen LogP contribution is 2.31. The molecule has 0 saturated carbocycles. The van der Waals surface area contributed by atoms with Crippen LogP contribution >= 0.6 is 0 Å². The molecule has 0 bridgehead atoms. The number of likely N-dealkylation sites (tertiary alicyclic amines) is 1. The van der Waals surface area contributed by atoms with Crippen molar-refractivity contribution >= 4 is 27.6 Å². The lowest BCUT2D eigenvalue weighted by Gasteiger charge is -2.32. The van der Waals surface area contributed by atoms with E-state index >= 15 is 0 Å². The Kier molecular flexibility index (Phi) is 11.5. The van der Waals surface area contributed by atoms with Gasteiger partial charge in [0.1, 0.15) is 0 Å². The highest BCUT2D eigenvalue weighted by molar-refractivity contribution is 7.89. The van der Waals surface area contributed by atoms with Crippen molar-refractivity contribution in [3.63, 3.8) is 0 Å². The number of sulfonamides is 1. The predicted octanol–water partition coefficient (Wildman–Crippen LogP) is 5.78. The Bertz CT molecular complexity index is 1530. The topological polar surface area (TPSA) is 116 Å². The van der Waals surface area contributed by atoms with E-state index in [1.54, 1.807) is 0 Å². The van der Waals surface area contributed by atoms with Crippen molar-refractivity contribution in [2.75, 3.05) is 25.0 Å². The van der Waals surface area contributed by atoms with E-state index in [0.29, 0.717) is 0 Å². The number of piperidine rings is 1. The number of carbonyl (C=O) groups excluding carboxylic acids is 1. The van der Waals surface area contributed by atoms with Crippen LogP contribution in [0, 0.1) is 5.92 Å². The van der Waals surface area contributed by atoms with Crippen molar-refractivity contribution in [2.24, 2.45) is 5.92 Å². The first kappa shape index (κ1) is 34.5. The summed E-state index contributed by atoms with van der Waals surface area (Å²) in [6.45, 7) is 2.82. The van der Waals surface area contributed by atoms with Gasteiger partial charge in [0, 0.05) is 30.9 Å². The normalized spacial score (nSPS) is 16.0. The number of carbonyl (C=O) groups is 2. The van der Waals surface area contributed by atoms with Gasteiger partial charge in [0.25, 0.3) is 5.91 Å². The number of carboxylic acids is 1. The van der Waals surface area contributed by atoms with E-state index < -0.39 is 39.8 Å². The first-order chi connectivity index (χ1) is 20.5. The Hall–Kier alpha value is -3.95. The van der Waals surface area contributed by atoms with Gasteiger partial charge in [-0.05, 0) is 67.3 Å². The van der Waals surface area contributed by atoms with E-state index in [1.165, 1.54) is 42.0 Å². The van der Waals surface area contributed by atoms with Crippen LogP contribution in [0.15, 0.2) is 83.8 Å². The van der Waals surface area contributed by atoms with E-state index in [-0.39, 0.29) is 28.6 Å². The van der Waals surface area contributed by atoms with Crippen molar-refractivity contribution in [2.45, 2.75) is 36.6 Å². The Balaban J connectivity index is 0.000000676. The summed E-state index contributed by atoms with van der Waals surface area (Å²) in [6.07, 6.45) is -7.74. The summed E-state index contributed by atoms with van der Waals surface area (Å²) in [5.41, 5.74) is 0.301. The van der Waals surface area contributed by atoms with Gasteiger partial charge in [-0.15, -0.1) is 0 Å². The van der Waals surface area contributed by atoms with Crippen molar-refractivity contribution in [1.29, 1.82) is 0 Å². The molecular formula is C29H29F6N3O5S. The second kappa shape index (κ2) is 14.7. The molecule has 15 heteroatoms. The number of nitrogens with one attached hydrogen (secondary N) is 2. The lowest BCUT2D eigenvalue weighted by Crippen LogP contribution is -2.40. The molecule has 1 heterocycles. The molecule has 1 aliphatic rings. The van der Waals surface area contributed by atoms with Gasteiger partial charge in [0.05, 0.1) is 10.5 Å². The molecule has 238 valence electrons. The van der Waals surface area contributed by atoms with E-state index in [1.807, 2.05) is 18.2 Å². The number of anilines is 1. The standard InChI is InChI=1S/C27H28F3N3O3S.C2HF3O2/c28-27(29,30)23-11-5-12-24(16-23)32-26(34)22-10-4-13-25(15-22)37(35,36)31-17-21-9-6-14-33(19-21)18-20-7-2-1-3-8-20;3-2(4,5)1(6)7/h1-5,7-8,10-13,15-16,21,31H,6,9,14,17-19H2,(H,32,34);(H,6,7). The molecule has 1 unspecified atom stereocenters. The average molecular weight is 646 g/mol. The number of halogens is 6. The number of alkyl halides is 6. The number of aliphatic carboxylic acids is 1. The van der Waals surface area contributed by atoms with Gasteiger partial charge >= 0.3 is 18.3 Å². The maximum atomic E-state index is 13.0. The minimum atomic E-state index is -5.08. The number of carboxylic acid groups (broad SMARTS) is 1. The summed E-state index contributed by atoms with van der Waals surface area (Å²) >= 11 is 0. The third kappa shape index (κ3) is 10.6. The zero-order valence-corrected chi connectivity index (χ0v) is 23.8. The molecule has 4 rings (SSSR count). The Labute approximate surface area is 249 Å². The van der Waals surface area contributed by atoms with Gasteiger partial charge in [0.2, 0.25) is 10.0 Å². The summed E-state index contributed by atoms with van der Waals surface area (Å²) in [5.74, 6) is -3.31. The number of nitrogens with zero attached hydrogens (tertiary/aromatic N) is 1. The molecule has 1 amide bonds. The van der Waals surface area contributed by atoms with Crippen LogP contribution in [-0.2, 0) is 27.5 Å². The molecule has 3 aromatic rings. The van der Waals surface area contributed by atoms with Crippen molar-refractivity contribution in [3.05, 3.63) is 95.6 Å². The van der Waals surface area contributed by atoms with Crippen LogP contribution in [0.25, 0.3) is 0 Å². The first-order valence-corrected chi connectivity index (χ1v) is 14.7. The zero-order chi connectivity index (χ0) is 32.5. The average Bonchev–Trinajstić information content (AvgIpc) is 2.96. The molecule has 44 heavy (non-hydrogen) atoms. The number of benzene rings is 3. The number of rotatable bonds is 8. The Morgan fingerprint density at radius 1 is 0.909 bits per heavy atom. The zero-order valence-electron chi connectivity index (χ0n) is 23.0. The van der Waals surface area contributed by atoms with Crippen LogP contribution in [0.5, 0.6) is 0 Å². The largest absolute Gasteiger partial charge is 0.490 e. The molecule has 0 aromatic heterocycles. The molecule has 0 spiro atoms. The lowest BCUT2D eigenvalue weighted by molar-refractivity contribution is -0.192. The fraction of sp³-hybridized carbons (Fsp3) is 0.310. The second-order valence-corrected chi connectivity index (χ2v) is 11.7. The van der Waals surface area contributed by atoms with Crippen LogP contribution in [0.2, 0.25) is 0 Å². The van der Waals surface area contributed by atoms with Crippen molar-refractivity contribution in [1.82, 2.24) is 9.62 Å². The third-order valence-corrected chi connectivity index (χ3v) is 7.93. The van der Waals surface area contributed by atoms with Gasteiger partial charge in [-0.1, -0.05) is 42.5 Å². The summed E-state index contributed by atoms with van der Waals surface area (Å²) in [7, 11) is -3.89. The van der Waals surface area contributed by atoms with Gasteiger partial charge in [-0.25, -0.2) is 17.9 Å². The monoisotopic (exact) mass is 645 g/mol. The first-order valence-electron chi connectivity index (χ1n) is 13.2. The SMILES string of the molecule is O=C(Nc1cccc(C(F)(F)F)c1)c1cccc(S(=O)(=O)NCC2CCCN(Cc3ccccc3)C2)c1.O=C(O)C(F)(F)F. The van der Waals surface area contributed by atoms with Crippen molar-refractivity contribution < 1.29 is 49.5 Å². The fourth-order valence-corrected chi connectivity index (χ4v) is 5.56. The summed E-state index contributed by atoms with van der Waals surface area (Å²) < 4.78 is 99.2. The van der Waals surface area contributed by atoms with E-state index in [9.17, 15) is 39.6 Å². The third-order valence-electron chi connectivity index (χ3n) is 6.51. The highest BCUT2D eigenvalue weighted by Gasteiger charge is 2.38. The van der Waals surface area contributed by atoms with E-state index in [4.69, 9.17) is 9.90 Å².